The molecule has 0 aliphatic rings. The van der Waals surface area contributed by atoms with Crippen molar-refractivity contribution in [1.29, 1.82) is 0 Å². The van der Waals surface area contributed by atoms with Crippen LogP contribution in [0.1, 0.15) is 0 Å². The Kier molecular flexibility index (Phi) is 4.34. The highest BCUT2D eigenvalue weighted by Crippen LogP contribution is 1.62. The van der Waals surface area contributed by atoms with Gasteiger partial charge in [0.15, 0.2) is 0 Å². The largest absolute Gasteiger partial charge is 0.373 e. The molecular formula is C4H6O2. The quantitative estimate of drug-likeness (QED) is 0.450. The Bertz CT molecular complexity index is 34.5. The van der Waals surface area contributed by atoms with Crippen LogP contribution in [-0.2, 0) is 9.53 Å². The van der Waals surface area contributed by atoms with E-state index in [1.165, 1.54) is 0 Å². The first-order chi connectivity index (χ1) is 2.91. The predicted octanol–water partition coefficient (Wildman–Crippen LogP) is -0.0532. The maximum absolute atomic E-state index is 9.29. The fourth-order valence-electron chi connectivity index (χ4n) is 0.114. The molecule has 34 valence electrons. The second-order valence-electron chi connectivity index (χ2n) is 0.697. The maximum atomic E-state index is 9.29. The van der Waals surface area contributed by atoms with Gasteiger partial charge in [0, 0.05) is 6.61 Å². The third-order valence-corrected chi connectivity index (χ3v) is 0.305. The van der Waals surface area contributed by atoms with Gasteiger partial charge in [0.05, 0.1) is 0 Å². The zero-order valence-electron chi connectivity index (χ0n) is 3.44. The van der Waals surface area contributed by atoms with Crippen molar-refractivity contribution in [2.45, 2.75) is 0 Å². The van der Waals surface area contributed by atoms with Crippen LogP contribution in [0.2, 0.25) is 0 Å². The minimum absolute atomic E-state index is 0.0451. The van der Waals surface area contributed by atoms with Gasteiger partial charge >= 0.3 is 0 Å². The number of rotatable bonds is 3. The lowest BCUT2D eigenvalue weighted by molar-refractivity contribution is 0.199. The molecule has 0 fully saturated rings. The first-order valence-corrected chi connectivity index (χ1v) is 1.64. The molecule has 0 aromatic heterocycles. The van der Waals surface area contributed by atoms with Gasteiger partial charge in [0.25, 0.3) is 0 Å². The highest BCUT2D eigenvalue weighted by Gasteiger charge is 1.74. The third-order valence-electron chi connectivity index (χ3n) is 0.305. The Morgan fingerprint density at radius 1 is 1.83 bits per heavy atom. The van der Waals surface area contributed by atoms with E-state index in [1.807, 2.05) is 0 Å². The number of hydrogen-bond acceptors (Lipinski definition) is 2. The molecule has 0 aromatic rings. The maximum Gasteiger partial charge on any atom is 0.226 e. The number of ether oxygens (including phenoxy) is 1. The predicted molar refractivity (Wildman–Crippen MR) is 21.9 cm³/mol. The van der Waals surface area contributed by atoms with E-state index in [4.69, 9.17) is 0 Å². The van der Waals surface area contributed by atoms with Crippen molar-refractivity contribution in [1.82, 2.24) is 0 Å². The Morgan fingerprint density at radius 3 is 2.67 bits per heavy atom. The topological polar surface area (TPSA) is 26.3 Å². The van der Waals surface area contributed by atoms with E-state index >= 15 is 0 Å². The van der Waals surface area contributed by atoms with Gasteiger partial charge in [0.2, 0.25) is 6.29 Å². The molecule has 0 aromatic carbocycles. The standard InChI is InChI=1S/C4H6O2/c1-2-6-4-3-5/h1-2,4H2. The van der Waals surface area contributed by atoms with Crippen LogP contribution in [0.3, 0.4) is 0 Å². The molecule has 2 nitrogen and oxygen atoms in total. The van der Waals surface area contributed by atoms with Crippen LogP contribution in [0.4, 0.5) is 0 Å². The normalized spacial score (nSPS) is 8.17. The van der Waals surface area contributed by atoms with Crippen molar-refractivity contribution in [3.8, 4) is 0 Å². The van der Waals surface area contributed by atoms with E-state index in [9.17, 15) is 4.79 Å². The van der Waals surface area contributed by atoms with Crippen LogP contribution in [0.25, 0.3) is 0 Å². The smallest absolute Gasteiger partial charge is 0.226 e. The van der Waals surface area contributed by atoms with Gasteiger partial charge in [-0.15, -0.1) is 0 Å². The van der Waals surface area contributed by atoms with Gasteiger partial charge in [-0.25, -0.2) is 0 Å². The Hall–Kier alpha value is -0.370. The van der Waals surface area contributed by atoms with Crippen molar-refractivity contribution in [2.24, 2.45) is 0 Å². The van der Waals surface area contributed by atoms with Crippen molar-refractivity contribution < 1.29 is 9.53 Å². The number of hydrogen-bond donors (Lipinski definition) is 0. The van der Waals surface area contributed by atoms with Gasteiger partial charge in [0.1, 0.15) is 6.61 Å². The summed E-state index contributed by atoms with van der Waals surface area (Å²) in [6, 6.07) is 0. The highest BCUT2D eigenvalue weighted by atomic mass is 16.5. The van der Waals surface area contributed by atoms with E-state index in [-0.39, 0.29) is 6.61 Å². The lowest BCUT2D eigenvalue weighted by Gasteiger charge is -1.84. The first kappa shape index (κ1) is 5.63. The molecule has 0 spiro atoms. The average molecular weight is 86.1 g/mol. The van der Waals surface area contributed by atoms with Crippen molar-refractivity contribution in [2.75, 3.05) is 13.2 Å². The summed E-state index contributed by atoms with van der Waals surface area (Å²) in [6.07, 6.45) is 1.56. The Balaban J connectivity index is 2.49. The summed E-state index contributed by atoms with van der Waals surface area (Å²) in [5, 5.41) is 0. The average Bonchev–Trinajstić information content (AvgIpc) is 1.61. The first-order valence-electron chi connectivity index (χ1n) is 1.64. The van der Waals surface area contributed by atoms with Gasteiger partial charge < -0.3 is 4.74 Å². The molecule has 0 atom stereocenters. The Morgan fingerprint density at radius 2 is 2.50 bits per heavy atom. The molecule has 0 N–H and O–H groups in total. The van der Waals surface area contributed by atoms with Crippen molar-refractivity contribution in [3.63, 3.8) is 0 Å². The van der Waals surface area contributed by atoms with Gasteiger partial charge in [-0.3, -0.25) is 4.79 Å². The molecule has 0 bridgehead atoms. The lowest BCUT2D eigenvalue weighted by atomic mass is 10.8. The van der Waals surface area contributed by atoms with E-state index < -0.39 is 0 Å². The third kappa shape index (κ3) is 3.63. The summed E-state index contributed by atoms with van der Waals surface area (Å²) >= 11 is 0. The van der Waals surface area contributed by atoms with E-state index in [0.29, 0.717) is 6.61 Å². The van der Waals surface area contributed by atoms with Crippen molar-refractivity contribution in [3.05, 3.63) is 6.92 Å². The van der Waals surface area contributed by atoms with Crippen LogP contribution < -0.4 is 0 Å². The summed E-state index contributed by atoms with van der Waals surface area (Å²) in [5.74, 6) is 0. The Labute approximate surface area is 37.1 Å². The fraction of sp³-hybridized carbons (Fsp3) is 0.500. The van der Waals surface area contributed by atoms with E-state index in [1.54, 1.807) is 6.29 Å². The summed E-state index contributed by atoms with van der Waals surface area (Å²) < 4.78 is 4.45. The van der Waals surface area contributed by atoms with E-state index in [2.05, 4.69) is 11.7 Å². The SMILES string of the molecule is [CH2]COC[C]=O. The second kappa shape index (κ2) is 4.63. The molecule has 0 saturated carbocycles. The zero-order valence-corrected chi connectivity index (χ0v) is 3.44. The molecule has 0 aliphatic carbocycles. The zero-order chi connectivity index (χ0) is 4.83. The molecule has 0 aliphatic heterocycles. The summed E-state index contributed by atoms with van der Waals surface area (Å²) in [7, 11) is 0. The fourth-order valence-corrected chi connectivity index (χ4v) is 0.114. The summed E-state index contributed by atoms with van der Waals surface area (Å²) in [6.45, 7) is 3.71. The molecule has 0 rings (SSSR count). The molecule has 2 radical (unpaired) electrons. The molecule has 0 amide bonds. The van der Waals surface area contributed by atoms with Gasteiger partial charge in [-0.2, -0.15) is 0 Å². The monoisotopic (exact) mass is 86.0 g/mol. The molecular weight excluding hydrogens is 80.0 g/mol. The molecule has 6 heavy (non-hydrogen) atoms. The number of carbonyl (C=O) groups excluding carboxylic acids is 1. The molecule has 0 saturated heterocycles. The van der Waals surface area contributed by atoms with Crippen LogP contribution in [0.15, 0.2) is 0 Å². The second-order valence-corrected chi connectivity index (χ2v) is 0.697. The molecule has 0 heterocycles. The van der Waals surface area contributed by atoms with Crippen LogP contribution >= 0.6 is 0 Å². The highest BCUT2D eigenvalue weighted by molar-refractivity contribution is 5.51. The van der Waals surface area contributed by atoms with Crippen LogP contribution in [0, 0.1) is 6.92 Å². The van der Waals surface area contributed by atoms with Crippen LogP contribution in [0.5, 0.6) is 0 Å². The van der Waals surface area contributed by atoms with Crippen LogP contribution in [-0.4, -0.2) is 19.5 Å². The van der Waals surface area contributed by atoms with Gasteiger partial charge in [-0.05, 0) is 6.92 Å². The minimum Gasteiger partial charge on any atom is -0.373 e. The summed E-state index contributed by atoms with van der Waals surface area (Å²) in [4.78, 5) is 9.29. The van der Waals surface area contributed by atoms with Crippen molar-refractivity contribution >= 4 is 6.29 Å². The minimum atomic E-state index is 0.0451. The molecule has 0 unspecified atom stereocenters. The van der Waals surface area contributed by atoms with E-state index in [0.717, 1.165) is 0 Å². The molecule has 2 heteroatoms. The van der Waals surface area contributed by atoms with Gasteiger partial charge in [-0.1, -0.05) is 0 Å². The lowest BCUT2D eigenvalue weighted by Crippen LogP contribution is -1.92. The summed E-state index contributed by atoms with van der Waals surface area (Å²) in [5.41, 5.74) is 0.